The van der Waals surface area contributed by atoms with Crippen molar-refractivity contribution in [1.29, 1.82) is 5.41 Å². The summed E-state index contributed by atoms with van der Waals surface area (Å²) >= 11 is 1.18. The van der Waals surface area contributed by atoms with Gasteiger partial charge in [0, 0.05) is 11.9 Å². The van der Waals surface area contributed by atoms with E-state index in [0.717, 1.165) is 34.1 Å². The Balaban J connectivity index is 0.00000162. The van der Waals surface area contributed by atoms with Crippen molar-refractivity contribution in [3.8, 4) is 16.9 Å². The minimum absolute atomic E-state index is 0.0408. The predicted octanol–water partition coefficient (Wildman–Crippen LogP) is 2.23. The minimum atomic E-state index is -0.915. The van der Waals surface area contributed by atoms with E-state index in [0.29, 0.717) is 12.3 Å². The first-order valence-electron chi connectivity index (χ1n) is 13.5. The minimum Gasteiger partial charge on any atom is -0.490 e. The van der Waals surface area contributed by atoms with Crippen molar-refractivity contribution in [3.63, 3.8) is 0 Å². The fourth-order valence-corrected chi connectivity index (χ4v) is 4.95. The SMILES string of the molecule is C=N.CC.C[n+]1cc(-c2ccc(OCCO/N=C(\C(=O)N[C@@H]3C(=O)N(OSO)C3(C)C)c3csc(N)n3)cc2)cn1CCN. The van der Waals surface area contributed by atoms with E-state index in [-0.39, 0.29) is 42.1 Å². The highest BCUT2D eigenvalue weighted by Crippen LogP contribution is 2.33. The van der Waals surface area contributed by atoms with Gasteiger partial charge in [-0.15, -0.1) is 16.0 Å². The number of nitrogens with two attached hydrogens (primary N) is 2. The van der Waals surface area contributed by atoms with E-state index in [1.54, 1.807) is 19.2 Å². The first kappa shape index (κ1) is 36.2. The number of amides is 2. The van der Waals surface area contributed by atoms with E-state index in [1.807, 2.05) is 66.9 Å². The van der Waals surface area contributed by atoms with E-state index in [9.17, 15) is 9.59 Å². The summed E-state index contributed by atoms with van der Waals surface area (Å²) in [4.78, 5) is 34.9. The van der Waals surface area contributed by atoms with E-state index in [4.69, 9.17) is 35.3 Å². The molecule has 1 atom stereocenters. The summed E-state index contributed by atoms with van der Waals surface area (Å²) in [5, 5.41) is 14.9. The number of β-lactam (4-membered cyclic amide) rings is 1. The van der Waals surface area contributed by atoms with Gasteiger partial charge in [0.05, 0.1) is 23.8 Å². The molecular weight excluding hydrogens is 610 g/mol. The average Bonchev–Trinajstić information content (AvgIpc) is 3.63. The largest absolute Gasteiger partial charge is 0.490 e. The second-order valence-corrected chi connectivity index (χ2v) is 10.5. The molecule has 1 aliphatic rings. The van der Waals surface area contributed by atoms with Crippen LogP contribution in [0.15, 0.2) is 47.2 Å². The van der Waals surface area contributed by atoms with Crippen LogP contribution in [0.4, 0.5) is 5.13 Å². The molecule has 44 heavy (non-hydrogen) atoms. The standard InChI is InChI=1S/C24H30N8O6S2.C2H6.CH3N/c1-24(2)20(22(34)32(24)38-40-35)28-21(33)19(18-14-39-23(26)27-18)29-37-11-10-36-17-6-4-15(5-7-17)16-12-30(3)31(13-16)9-8-25;2*1-2/h4-7,12-14,20H,8-11,25H2,1-3H3,(H3-,26,27,28,33,35);1-2H3;2H,1H2/p+1/b29-19-;;/t20-;;/m1../s1. The summed E-state index contributed by atoms with van der Waals surface area (Å²) in [5.74, 6) is -0.566. The zero-order valence-corrected chi connectivity index (χ0v) is 27.0. The second kappa shape index (κ2) is 17.3. The molecule has 0 aliphatic carbocycles. The number of nitrogen functional groups attached to an aromatic ring is 1. The molecule has 0 unspecified atom stereocenters. The van der Waals surface area contributed by atoms with Crippen LogP contribution in [0.3, 0.4) is 0 Å². The maximum Gasteiger partial charge on any atom is 0.276 e. The van der Waals surface area contributed by atoms with Crippen molar-refractivity contribution in [3.05, 3.63) is 47.7 Å². The maximum atomic E-state index is 13.0. The van der Waals surface area contributed by atoms with Gasteiger partial charge in [-0.05, 0) is 38.3 Å². The van der Waals surface area contributed by atoms with Gasteiger partial charge in [0.15, 0.2) is 36.8 Å². The van der Waals surface area contributed by atoms with Crippen LogP contribution in [0.2, 0.25) is 0 Å². The highest BCUT2D eigenvalue weighted by molar-refractivity contribution is 7.88. The monoisotopic (exact) mass is 650 g/mol. The van der Waals surface area contributed by atoms with Crippen LogP contribution in [0, 0.1) is 5.41 Å². The number of hydrogen-bond acceptors (Lipinski definition) is 13. The molecule has 1 saturated heterocycles. The number of aromatic nitrogens is 3. The smallest absolute Gasteiger partial charge is 0.276 e. The zero-order chi connectivity index (χ0) is 32.9. The quantitative estimate of drug-likeness (QED) is 0.0455. The molecule has 1 fully saturated rings. The topological polar surface area (TPSA) is 207 Å². The molecule has 240 valence electrons. The molecule has 0 radical (unpaired) electrons. The Morgan fingerprint density at radius 3 is 2.52 bits per heavy atom. The number of hydroxylamine groups is 2. The van der Waals surface area contributed by atoms with Crippen LogP contribution in [0.25, 0.3) is 11.1 Å². The molecule has 1 aromatic carbocycles. The van der Waals surface area contributed by atoms with Crippen LogP contribution in [-0.4, -0.2) is 74.9 Å². The molecule has 3 heterocycles. The fourth-order valence-electron chi connectivity index (χ4n) is 4.07. The van der Waals surface area contributed by atoms with Gasteiger partial charge in [0.25, 0.3) is 11.8 Å². The number of aryl methyl sites for hydroxylation is 1. The van der Waals surface area contributed by atoms with E-state index in [2.05, 4.69) is 22.2 Å². The second-order valence-electron chi connectivity index (χ2n) is 9.30. The molecule has 2 aromatic heterocycles. The van der Waals surface area contributed by atoms with Crippen molar-refractivity contribution in [2.24, 2.45) is 17.9 Å². The van der Waals surface area contributed by atoms with Gasteiger partial charge >= 0.3 is 0 Å². The lowest BCUT2D eigenvalue weighted by atomic mass is 9.84. The lowest BCUT2D eigenvalue weighted by Crippen LogP contribution is -2.76. The van der Waals surface area contributed by atoms with Gasteiger partial charge < -0.3 is 36.3 Å². The molecule has 3 aromatic rings. The summed E-state index contributed by atoms with van der Waals surface area (Å²) in [7, 11) is 1.96. The van der Waals surface area contributed by atoms with Crippen LogP contribution in [0.1, 0.15) is 33.4 Å². The first-order valence-corrected chi connectivity index (χ1v) is 15.1. The molecule has 1 aliphatic heterocycles. The number of nitrogens with zero attached hydrogens (tertiary/aromatic N) is 5. The molecule has 17 heteroatoms. The molecule has 2 amide bonds. The Morgan fingerprint density at radius 1 is 1.27 bits per heavy atom. The van der Waals surface area contributed by atoms with Gasteiger partial charge in [0.2, 0.25) is 6.20 Å². The number of benzene rings is 1. The Kier molecular flexibility index (Phi) is 14.2. The number of anilines is 1. The van der Waals surface area contributed by atoms with Crippen molar-refractivity contribution < 1.29 is 32.7 Å². The Labute approximate surface area is 264 Å². The normalized spacial score (nSPS) is 15.2. The van der Waals surface area contributed by atoms with Crippen LogP contribution in [-0.2, 0) is 32.3 Å². The summed E-state index contributed by atoms with van der Waals surface area (Å²) in [6, 6.07) is 6.71. The first-order chi connectivity index (χ1) is 21.1. The number of carbonyl (C=O) groups is 2. The van der Waals surface area contributed by atoms with Gasteiger partial charge in [-0.1, -0.05) is 31.1 Å². The molecular formula is C27H40N9O6S2+. The van der Waals surface area contributed by atoms with E-state index >= 15 is 0 Å². The number of oxime groups is 1. The Hall–Kier alpha value is -4.03. The Bertz CT molecular complexity index is 1390. The van der Waals surface area contributed by atoms with E-state index < -0.39 is 23.4 Å². The van der Waals surface area contributed by atoms with Crippen molar-refractivity contribution >= 4 is 53.0 Å². The molecule has 0 spiro atoms. The van der Waals surface area contributed by atoms with Crippen molar-refractivity contribution in [1.82, 2.24) is 20.0 Å². The van der Waals surface area contributed by atoms with Crippen molar-refractivity contribution in [2.75, 3.05) is 25.5 Å². The fraction of sp³-hybridized carbons (Fsp3) is 0.407. The van der Waals surface area contributed by atoms with Gasteiger partial charge in [-0.3, -0.25) is 9.59 Å². The van der Waals surface area contributed by atoms with Gasteiger partial charge in [0.1, 0.15) is 24.1 Å². The molecule has 15 nitrogen and oxygen atoms in total. The van der Waals surface area contributed by atoms with Gasteiger partial charge in [-0.25, -0.2) is 4.98 Å². The van der Waals surface area contributed by atoms with Crippen LogP contribution >= 0.6 is 23.7 Å². The highest BCUT2D eigenvalue weighted by atomic mass is 32.2. The predicted molar refractivity (Wildman–Crippen MR) is 170 cm³/mol. The maximum absolute atomic E-state index is 13.0. The van der Waals surface area contributed by atoms with Gasteiger partial charge in [-0.2, -0.15) is 14.0 Å². The number of carbonyl (C=O) groups excluding carboxylic acids is 2. The lowest BCUT2D eigenvalue weighted by molar-refractivity contribution is -0.753. The molecule has 0 bridgehead atoms. The zero-order valence-electron chi connectivity index (χ0n) is 25.4. The number of thiazole rings is 1. The number of ether oxygens (including phenoxy) is 1. The third-order valence-corrected chi connectivity index (χ3v) is 7.09. The summed E-state index contributed by atoms with van der Waals surface area (Å²) in [6.45, 7) is 11.3. The average molecular weight is 651 g/mol. The van der Waals surface area contributed by atoms with Crippen molar-refractivity contribution in [2.45, 2.75) is 45.8 Å². The molecule has 7 N–H and O–H groups in total. The summed E-state index contributed by atoms with van der Waals surface area (Å²) < 4.78 is 23.5. The van der Waals surface area contributed by atoms with Crippen LogP contribution < -0.4 is 26.2 Å². The highest BCUT2D eigenvalue weighted by Gasteiger charge is 2.57. The van der Waals surface area contributed by atoms with Crippen LogP contribution in [0.5, 0.6) is 5.75 Å². The Morgan fingerprint density at radius 2 is 1.95 bits per heavy atom. The number of rotatable bonds is 13. The number of nitrogens with one attached hydrogen (secondary N) is 2. The third-order valence-electron chi connectivity index (χ3n) is 6.20. The number of hydrogen-bond donors (Lipinski definition) is 5. The third kappa shape index (κ3) is 8.76. The molecule has 0 saturated carbocycles. The molecule has 4 rings (SSSR count). The lowest BCUT2D eigenvalue weighted by Gasteiger charge is -2.50. The van der Waals surface area contributed by atoms with E-state index in [1.165, 1.54) is 0 Å². The summed E-state index contributed by atoms with van der Waals surface area (Å²) in [6.07, 6.45) is 4.07. The summed E-state index contributed by atoms with van der Waals surface area (Å²) in [5.41, 5.74) is 12.6.